The van der Waals surface area contributed by atoms with Crippen molar-refractivity contribution in [3.63, 3.8) is 0 Å². The lowest BCUT2D eigenvalue weighted by molar-refractivity contribution is -0.115. The molecular formula is C13H12BrN3O. The Morgan fingerprint density at radius 2 is 2.22 bits per heavy atom. The average Bonchev–Trinajstić information content (AvgIpc) is 2.35. The Balaban J connectivity index is 2.01. The number of nitrogens with zero attached hydrogens (tertiary/aromatic N) is 2. The van der Waals surface area contributed by atoms with Crippen molar-refractivity contribution in [1.29, 1.82) is 0 Å². The molecule has 0 saturated carbocycles. The number of amides is 1. The Bertz CT molecular complexity index is 557. The lowest BCUT2D eigenvalue weighted by Gasteiger charge is -2.05. The molecule has 0 unspecified atom stereocenters. The van der Waals surface area contributed by atoms with E-state index in [0.717, 1.165) is 15.7 Å². The first-order valence-corrected chi connectivity index (χ1v) is 6.26. The predicted octanol–water partition coefficient (Wildman–Crippen LogP) is 2.73. The van der Waals surface area contributed by atoms with Crippen LogP contribution in [0.5, 0.6) is 0 Å². The summed E-state index contributed by atoms with van der Waals surface area (Å²) in [5.74, 6) is 0.430. The minimum atomic E-state index is -0.122. The molecule has 1 amide bonds. The van der Waals surface area contributed by atoms with Gasteiger partial charge in [0.1, 0.15) is 5.82 Å². The Kier molecular flexibility index (Phi) is 4.04. The summed E-state index contributed by atoms with van der Waals surface area (Å²) in [4.78, 5) is 20.0. The number of pyridine rings is 2. The number of halogens is 1. The maximum absolute atomic E-state index is 11.8. The fraction of sp³-hybridized carbons (Fsp3) is 0.154. The second-order valence-electron chi connectivity index (χ2n) is 3.86. The van der Waals surface area contributed by atoms with Crippen molar-refractivity contribution in [2.75, 3.05) is 5.32 Å². The molecular weight excluding hydrogens is 294 g/mol. The summed E-state index contributed by atoms with van der Waals surface area (Å²) in [6, 6.07) is 7.32. The molecule has 5 heteroatoms. The van der Waals surface area contributed by atoms with Crippen LogP contribution in [0.25, 0.3) is 0 Å². The van der Waals surface area contributed by atoms with Gasteiger partial charge in [-0.15, -0.1) is 0 Å². The van der Waals surface area contributed by atoms with E-state index in [2.05, 4.69) is 31.2 Å². The van der Waals surface area contributed by atoms with E-state index in [9.17, 15) is 4.79 Å². The van der Waals surface area contributed by atoms with Gasteiger partial charge in [0.05, 0.1) is 6.42 Å². The number of anilines is 1. The molecule has 0 fully saturated rings. The zero-order valence-electron chi connectivity index (χ0n) is 9.85. The van der Waals surface area contributed by atoms with E-state index in [-0.39, 0.29) is 12.3 Å². The van der Waals surface area contributed by atoms with Crippen LogP contribution in [0.1, 0.15) is 11.3 Å². The molecule has 0 spiro atoms. The third-order valence-corrected chi connectivity index (χ3v) is 3.21. The molecule has 0 aromatic carbocycles. The molecule has 0 saturated heterocycles. The number of carbonyl (C=O) groups is 1. The second kappa shape index (κ2) is 5.73. The highest BCUT2D eigenvalue weighted by Gasteiger charge is 2.06. The van der Waals surface area contributed by atoms with Crippen LogP contribution < -0.4 is 5.32 Å². The van der Waals surface area contributed by atoms with E-state index in [1.807, 2.05) is 31.2 Å². The van der Waals surface area contributed by atoms with Gasteiger partial charge in [-0.3, -0.25) is 9.78 Å². The number of aromatic nitrogens is 2. The lowest BCUT2D eigenvalue weighted by atomic mass is 10.2. The molecule has 0 atom stereocenters. The first kappa shape index (κ1) is 12.7. The normalized spacial score (nSPS) is 10.1. The SMILES string of the molecule is Cc1cc(NC(=O)Cc2ccccn2)ncc1Br. The Labute approximate surface area is 114 Å². The third-order valence-electron chi connectivity index (χ3n) is 2.38. The number of aryl methyl sites for hydroxylation is 1. The molecule has 18 heavy (non-hydrogen) atoms. The van der Waals surface area contributed by atoms with Crippen molar-refractivity contribution in [1.82, 2.24) is 9.97 Å². The van der Waals surface area contributed by atoms with Crippen LogP contribution in [0, 0.1) is 6.92 Å². The fourth-order valence-corrected chi connectivity index (χ4v) is 1.68. The van der Waals surface area contributed by atoms with Gasteiger partial charge in [-0.05, 0) is 46.6 Å². The van der Waals surface area contributed by atoms with Crippen molar-refractivity contribution >= 4 is 27.7 Å². The Morgan fingerprint density at radius 3 is 2.89 bits per heavy atom. The summed E-state index contributed by atoms with van der Waals surface area (Å²) in [6.07, 6.45) is 3.59. The standard InChI is InChI=1S/C13H12BrN3O/c1-9-6-12(16-8-11(9)14)17-13(18)7-10-4-2-3-5-15-10/h2-6,8H,7H2,1H3,(H,16,17,18). The molecule has 0 aliphatic heterocycles. The summed E-state index contributed by atoms with van der Waals surface area (Å²) in [6.45, 7) is 1.94. The summed E-state index contributed by atoms with van der Waals surface area (Å²) in [5.41, 5.74) is 1.77. The van der Waals surface area contributed by atoms with Crippen molar-refractivity contribution < 1.29 is 4.79 Å². The third kappa shape index (κ3) is 3.37. The second-order valence-corrected chi connectivity index (χ2v) is 4.72. The summed E-state index contributed by atoms with van der Waals surface area (Å²) in [5, 5.41) is 2.75. The maximum atomic E-state index is 11.8. The number of rotatable bonds is 3. The molecule has 0 bridgehead atoms. The van der Waals surface area contributed by atoms with Crippen molar-refractivity contribution in [3.05, 3.63) is 52.4 Å². The van der Waals surface area contributed by atoms with Gasteiger partial charge in [0, 0.05) is 22.6 Å². The van der Waals surface area contributed by atoms with Gasteiger partial charge >= 0.3 is 0 Å². The molecule has 0 aliphatic rings. The van der Waals surface area contributed by atoms with Gasteiger partial charge < -0.3 is 5.32 Å². The molecule has 1 N–H and O–H groups in total. The summed E-state index contributed by atoms with van der Waals surface area (Å²) >= 11 is 3.36. The molecule has 0 aliphatic carbocycles. The highest BCUT2D eigenvalue weighted by atomic mass is 79.9. The van der Waals surface area contributed by atoms with Gasteiger partial charge in [0.25, 0.3) is 0 Å². The zero-order valence-corrected chi connectivity index (χ0v) is 11.4. The highest BCUT2D eigenvalue weighted by Crippen LogP contribution is 2.17. The van der Waals surface area contributed by atoms with Crippen molar-refractivity contribution in [2.45, 2.75) is 13.3 Å². The largest absolute Gasteiger partial charge is 0.310 e. The molecule has 2 aromatic rings. The fourth-order valence-electron chi connectivity index (χ4n) is 1.46. The number of nitrogens with one attached hydrogen (secondary N) is 1. The van der Waals surface area contributed by atoms with E-state index in [0.29, 0.717) is 5.82 Å². The van der Waals surface area contributed by atoms with Crippen LogP contribution >= 0.6 is 15.9 Å². The van der Waals surface area contributed by atoms with Gasteiger partial charge in [0.15, 0.2) is 0 Å². The van der Waals surface area contributed by atoms with Crippen LogP contribution in [0.4, 0.5) is 5.82 Å². The molecule has 0 radical (unpaired) electrons. The number of hydrogen-bond acceptors (Lipinski definition) is 3. The van der Waals surface area contributed by atoms with E-state index in [1.165, 1.54) is 0 Å². The van der Waals surface area contributed by atoms with Crippen LogP contribution in [-0.2, 0) is 11.2 Å². The van der Waals surface area contributed by atoms with Gasteiger partial charge in [0.2, 0.25) is 5.91 Å². The maximum Gasteiger partial charge on any atom is 0.231 e. The Hall–Kier alpha value is -1.75. The molecule has 2 aromatic heterocycles. The van der Waals surface area contributed by atoms with E-state index in [1.54, 1.807) is 12.4 Å². The van der Waals surface area contributed by atoms with Gasteiger partial charge in [-0.2, -0.15) is 0 Å². The topological polar surface area (TPSA) is 54.9 Å². The van der Waals surface area contributed by atoms with Crippen LogP contribution in [0.3, 0.4) is 0 Å². The lowest BCUT2D eigenvalue weighted by Crippen LogP contribution is -2.16. The zero-order chi connectivity index (χ0) is 13.0. The molecule has 2 rings (SSSR count). The monoisotopic (exact) mass is 305 g/mol. The van der Waals surface area contributed by atoms with Crippen molar-refractivity contribution in [2.24, 2.45) is 0 Å². The van der Waals surface area contributed by atoms with Crippen LogP contribution in [-0.4, -0.2) is 15.9 Å². The predicted molar refractivity (Wildman–Crippen MR) is 73.2 cm³/mol. The first-order chi connectivity index (χ1) is 8.65. The van der Waals surface area contributed by atoms with Crippen LogP contribution in [0.2, 0.25) is 0 Å². The minimum Gasteiger partial charge on any atom is -0.310 e. The van der Waals surface area contributed by atoms with Crippen LogP contribution in [0.15, 0.2) is 41.1 Å². The summed E-state index contributed by atoms with van der Waals surface area (Å²) in [7, 11) is 0. The number of hydrogen-bond donors (Lipinski definition) is 1. The van der Waals surface area contributed by atoms with E-state index < -0.39 is 0 Å². The van der Waals surface area contributed by atoms with E-state index in [4.69, 9.17) is 0 Å². The smallest absolute Gasteiger partial charge is 0.231 e. The highest BCUT2D eigenvalue weighted by molar-refractivity contribution is 9.10. The summed E-state index contributed by atoms with van der Waals surface area (Å²) < 4.78 is 0.922. The van der Waals surface area contributed by atoms with Gasteiger partial charge in [-0.1, -0.05) is 6.07 Å². The Morgan fingerprint density at radius 1 is 1.39 bits per heavy atom. The quantitative estimate of drug-likeness (QED) is 0.948. The molecule has 92 valence electrons. The minimum absolute atomic E-state index is 0.122. The molecule has 4 nitrogen and oxygen atoms in total. The van der Waals surface area contributed by atoms with E-state index >= 15 is 0 Å². The average molecular weight is 306 g/mol. The van der Waals surface area contributed by atoms with Crippen molar-refractivity contribution in [3.8, 4) is 0 Å². The molecule has 2 heterocycles. The number of carbonyl (C=O) groups excluding carboxylic acids is 1. The van der Waals surface area contributed by atoms with Gasteiger partial charge in [-0.25, -0.2) is 4.98 Å². The first-order valence-electron chi connectivity index (χ1n) is 5.47.